The van der Waals surface area contributed by atoms with Gasteiger partial charge in [-0.25, -0.2) is 0 Å². The van der Waals surface area contributed by atoms with Crippen LogP contribution in [0.5, 0.6) is 0 Å². The van der Waals surface area contributed by atoms with Crippen LogP contribution in [-0.2, 0) is 12.8 Å². The molecule has 2 aromatic rings. The van der Waals surface area contributed by atoms with Crippen molar-refractivity contribution in [1.82, 2.24) is 5.16 Å². The van der Waals surface area contributed by atoms with E-state index >= 15 is 0 Å². The maximum Gasteiger partial charge on any atom is 0.158 e. The van der Waals surface area contributed by atoms with E-state index < -0.39 is 0 Å². The van der Waals surface area contributed by atoms with Crippen LogP contribution in [0.15, 0.2) is 22.7 Å². The number of nitriles is 2. The van der Waals surface area contributed by atoms with E-state index in [0.29, 0.717) is 17.7 Å². The van der Waals surface area contributed by atoms with Crippen molar-refractivity contribution in [2.75, 3.05) is 0 Å². The minimum Gasteiger partial charge on any atom is -0.359 e. The van der Waals surface area contributed by atoms with Crippen LogP contribution < -0.4 is 0 Å². The Morgan fingerprint density at radius 1 is 1.20 bits per heavy atom. The average molecular weight is 197 g/mol. The number of fused-ring (bicyclic) bond motifs is 1. The van der Waals surface area contributed by atoms with Gasteiger partial charge in [0.05, 0.1) is 25.0 Å². The van der Waals surface area contributed by atoms with E-state index in [9.17, 15) is 0 Å². The molecule has 4 heteroatoms. The maximum atomic E-state index is 8.63. The summed E-state index contributed by atoms with van der Waals surface area (Å²) in [5.74, 6) is 0.562. The Morgan fingerprint density at radius 2 is 2.00 bits per heavy atom. The molecule has 0 spiro atoms. The number of nitrogens with zero attached hydrogens (tertiary/aromatic N) is 3. The Bertz CT molecular complexity index is 572. The quantitative estimate of drug-likeness (QED) is 0.737. The van der Waals surface area contributed by atoms with Gasteiger partial charge in [0.2, 0.25) is 0 Å². The normalized spacial score (nSPS) is 9.73. The van der Waals surface area contributed by atoms with Gasteiger partial charge < -0.3 is 4.52 Å². The van der Waals surface area contributed by atoms with E-state index in [1.54, 1.807) is 0 Å². The van der Waals surface area contributed by atoms with Gasteiger partial charge in [0.1, 0.15) is 5.52 Å². The van der Waals surface area contributed by atoms with Gasteiger partial charge >= 0.3 is 0 Å². The summed E-state index contributed by atoms with van der Waals surface area (Å²) < 4.78 is 5.06. The lowest BCUT2D eigenvalue weighted by Gasteiger charge is -1.93. The summed E-state index contributed by atoms with van der Waals surface area (Å²) in [4.78, 5) is 0. The Balaban J connectivity index is 2.60. The molecule has 2 rings (SSSR count). The molecule has 0 saturated heterocycles. The van der Waals surface area contributed by atoms with Crippen molar-refractivity contribution in [3.8, 4) is 12.1 Å². The summed E-state index contributed by atoms with van der Waals surface area (Å²) in [7, 11) is 0. The van der Waals surface area contributed by atoms with Gasteiger partial charge in [0.25, 0.3) is 0 Å². The van der Waals surface area contributed by atoms with Gasteiger partial charge in [-0.3, -0.25) is 0 Å². The van der Waals surface area contributed by atoms with Crippen molar-refractivity contribution in [2.24, 2.45) is 0 Å². The second-order valence-electron chi connectivity index (χ2n) is 3.09. The van der Waals surface area contributed by atoms with Crippen molar-refractivity contribution >= 4 is 10.9 Å². The summed E-state index contributed by atoms with van der Waals surface area (Å²) in [5.41, 5.74) is 1.52. The number of benzene rings is 1. The molecule has 0 saturated carbocycles. The topological polar surface area (TPSA) is 73.6 Å². The molecule has 15 heavy (non-hydrogen) atoms. The van der Waals surface area contributed by atoms with Crippen LogP contribution in [0.25, 0.3) is 10.9 Å². The second kappa shape index (κ2) is 3.81. The average Bonchev–Trinajstić information content (AvgIpc) is 2.64. The van der Waals surface area contributed by atoms with Gasteiger partial charge in [-0.1, -0.05) is 17.3 Å². The van der Waals surface area contributed by atoms with Crippen molar-refractivity contribution in [1.29, 1.82) is 10.5 Å². The standard InChI is InChI=1S/C11H7N3O/c12-6-4-8-2-1-3-9-10(5-7-13)15-14-11(8)9/h1-3H,4-5H2. The molecule has 72 valence electrons. The number of hydrogen-bond acceptors (Lipinski definition) is 4. The van der Waals surface area contributed by atoms with Crippen LogP contribution >= 0.6 is 0 Å². The molecule has 1 aromatic heterocycles. The third kappa shape index (κ3) is 1.53. The Kier molecular flexibility index (Phi) is 2.35. The minimum absolute atomic E-state index is 0.201. The molecule has 0 N–H and O–H groups in total. The maximum absolute atomic E-state index is 8.63. The molecule has 0 aliphatic heterocycles. The molecule has 1 aromatic carbocycles. The molecule has 0 radical (unpaired) electrons. The van der Waals surface area contributed by atoms with E-state index in [0.717, 1.165) is 10.9 Å². The van der Waals surface area contributed by atoms with E-state index in [1.807, 2.05) is 24.3 Å². The fraction of sp³-hybridized carbons (Fsp3) is 0.182. The zero-order chi connectivity index (χ0) is 10.7. The van der Waals surface area contributed by atoms with Crippen LogP contribution in [0.4, 0.5) is 0 Å². The zero-order valence-electron chi connectivity index (χ0n) is 7.90. The second-order valence-corrected chi connectivity index (χ2v) is 3.09. The van der Waals surface area contributed by atoms with Gasteiger partial charge in [-0.2, -0.15) is 10.5 Å². The summed E-state index contributed by atoms with van der Waals surface area (Å²) in [5, 5.41) is 21.9. The summed E-state index contributed by atoms with van der Waals surface area (Å²) in [6.45, 7) is 0. The monoisotopic (exact) mass is 197 g/mol. The first-order valence-corrected chi connectivity index (χ1v) is 4.47. The summed E-state index contributed by atoms with van der Waals surface area (Å²) in [6, 6.07) is 9.61. The lowest BCUT2D eigenvalue weighted by molar-refractivity contribution is 0.399. The summed E-state index contributed by atoms with van der Waals surface area (Å²) >= 11 is 0. The molecular formula is C11H7N3O. The predicted octanol–water partition coefficient (Wildman–Crippen LogP) is 1.96. The van der Waals surface area contributed by atoms with E-state index in [4.69, 9.17) is 15.0 Å². The molecule has 0 atom stereocenters. The highest BCUT2D eigenvalue weighted by molar-refractivity contribution is 5.83. The highest BCUT2D eigenvalue weighted by atomic mass is 16.5. The Labute approximate surface area is 86.3 Å². The van der Waals surface area contributed by atoms with Gasteiger partial charge in [-0.05, 0) is 11.6 Å². The van der Waals surface area contributed by atoms with Crippen molar-refractivity contribution in [3.05, 3.63) is 29.5 Å². The highest BCUT2D eigenvalue weighted by Gasteiger charge is 2.10. The number of hydrogen-bond donors (Lipinski definition) is 0. The molecular weight excluding hydrogens is 190 g/mol. The van der Waals surface area contributed by atoms with Gasteiger partial charge in [-0.15, -0.1) is 0 Å². The number of rotatable bonds is 2. The zero-order valence-corrected chi connectivity index (χ0v) is 7.90. The van der Waals surface area contributed by atoms with Crippen LogP contribution in [0.2, 0.25) is 0 Å². The Hall–Kier alpha value is -2.33. The SMILES string of the molecule is N#CCc1onc2c(CC#N)cccc12. The van der Waals surface area contributed by atoms with Crippen LogP contribution in [0, 0.1) is 22.7 Å². The third-order valence-corrected chi connectivity index (χ3v) is 2.18. The molecule has 0 aliphatic rings. The van der Waals surface area contributed by atoms with E-state index in [1.165, 1.54) is 0 Å². The molecule has 0 aliphatic carbocycles. The fourth-order valence-electron chi connectivity index (χ4n) is 1.50. The molecule has 0 bridgehead atoms. The smallest absolute Gasteiger partial charge is 0.158 e. The van der Waals surface area contributed by atoms with E-state index in [2.05, 4.69) is 11.2 Å². The van der Waals surface area contributed by atoms with Crippen molar-refractivity contribution in [3.63, 3.8) is 0 Å². The largest absolute Gasteiger partial charge is 0.359 e. The first-order chi connectivity index (χ1) is 7.36. The van der Waals surface area contributed by atoms with Crippen molar-refractivity contribution < 1.29 is 4.52 Å². The molecule has 0 unspecified atom stereocenters. The molecule has 0 fully saturated rings. The summed E-state index contributed by atoms with van der Waals surface area (Å²) in [6.07, 6.45) is 0.502. The molecule has 1 heterocycles. The first-order valence-electron chi connectivity index (χ1n) is 4.47. The number of aromatic nitrogens is 1. The molecule has 4 nitrogen and oxygen atoms in total. The van der Waals surface area contributed by atoms with Crippen LogP contribution in [0.1, 0.15) is 11.3 Å². The van der Waals surface area contributed by atoms with Gasteiger partial charge in [0.15, 0.2) is 5.76 Å². The third-order valence-electron chi connectivity index (χ3n) is 2.18. The lowest BCUT2D eigenvalue weighted by atomic mass is 10.1. The lowest BCUT2D eigenvalue weighted by Crippen LogP contribution is -1.84. The highest BCUT2D eigenvalue weighted by Crippen LogP contribution is 2.22. The van der Waals surface area contributed by atoms with Crippen LogP contribution in [-0.4, -0.2) is 5.16 Å². The first kappa shape index (κ1) is 9.23. The fourth-order valence-corrected chi connectivity index (χ4v) is 1.50. The van der Waals surface area contributed by atoms with E-state index in [-0.39, 0.29) is 6.42 Å². The molecule has 0 amide bonds. The van der Waals surface area contributed by atoms with Crippen molar-refractivity contribution in [2.45, 2.75) is 12.8 Å². The van der Waals surface area contributed by atoms with Crippen LogP contribution in [0.3, 0.4) is 0 Å². The minimum atomic E-state index is 0.201. The predicted molar refractivity (Wildman–Crippen MR) is 52.6 cm³/mol. The van der Waals surface area contributed by atoms with Gasteiger partial charge in [0, 0.05) is 5.39 Å². The Morgan fingerprint density at radius 3 is 2.73 bits per heavy atom.